The summed E-state index contributed by atoms with van der Waals surface area (Å²) in [5, 5.41) is 10.9. The second-order valence-electron chi connectivity index (χ2n) is 9.13. The first kappa shape index (κ1) is 21.3. The summed E-state index contributed by atoms with van der Waals surface area (Å²) in [5.74, 6) is 0.354. The summed E-state index contributed by atoms with van der Waals surface area (Å²) in [6.07, 6.45) is 6.14. The Morgan fingerprint density at radius 2 is 1.74 bits per heavy atom. The summed E-state index contributed by atoms with van der Waals surface area (Å²) in [4.78, 5) is 21.4. The van der Waals surface area contributed by atoms with Gasteiger partial charge in [-0.05, 0) is 41.3 Å². The van der Waals surface area contributed by atoms with Crippen LogP contribution < -0.4 is 11.1 Å². The monoisotopic (exact) mass is 462 g/mol. The molecule has 1 aliphatic rings. The average Bonchev–Trinajstić information content (AvgIpc) is 3.56. The van der Waals surface area contributed by atoms with Gasteiger partial charge < -0.3 is 11.1 Å². The van der Waals surface area contributed by atoms with Crippen LogP contribution in [0.1, 0.15) is 47.6 Å². The second-order valence-corrected chi connectivity index (χ2v) is 9.13. The Hall–Kier alpha value is -4.26. The molecule has 6 rings (SSSR count). The van der Waals surface area contributed by atoms with E-state index in [1.54, 1.807) is 0 Å². The lowest BCUT2D eigenvalue weighted by molar-refractivity contribution is 0.0951. The van der Waals surface area contributed by atoms with Gasteiger partial charge in [-0.3, -0.25) is 4.79 Å². The Balaban J connectivity index is 1.22. The van der Waals surface area contributed by atoms with Crippen LogP contribution in [0.2, 0.25) is 0 Å². The first-order chi connectivity index (χ1) is 17.2. The van der Waals surface area contributed by atoms with Gasteiger partial charge in [0.2, 0.25) is 0 Å². The van der Waals surface area contributed by atoms with E-state index in [4.69, 9.17) is 10.8 Å². The fourth-order valence-electron chi connectivity index (χ4n) is 5.00. The summed E-state index contributed by atoms with van der Waals surface area (Å²) in [6.45, 7) is 0.439. The SMILES string of the molecule is Nc1ncnc2c1c(-c1ccc(CNC(=O)c3ccc4ccccc4c3)cc1)nn2C1CCCC1. The number of rotatable bonds is 5. The lowest BCUT2D eigenvalue weighted by atomic mass is 10.1. The number of aromatic nitrogens is 4. The zero-order valence-corrected chi connectivity index (χ0v) is 19.3. The van der Waals surface area contributed by atoms with Crippen molar-refractivity contribution in [2.45, 2.75) is 38.3 Å². The van der Waals surface area contributed by atoms with E-state index < -0.39 is 0 Å². The number of hydrogen-bond donors (Lipinski definition) is 2. The fourth-order valence-corrected chi connectivity index (χ4v) is 5.00. The van der Waals surface area contributed by atoms with Crippen LogP contribution >= 0.6 is 0 Å². The molecule has 3 aromatic carbocycles. The minimum Gasteiger partial charge on any atom is -0.383 e. The van der Waals surface area contributed by atoms with E-state index >= 15 is 0 Å². The molecule has 0 atom stereocenters. The maximum absolute atomic E-state index is 12.7. The maximum Gasteiger partial charge on any atom is 0.251 e. The lowest BCUT2D eigenvalue weighted by Crippen LogP contribution is -2.22. The molecular weight excluding hydrogens is 436 g/mol. The van der Waals surface area contributed by atoms with E-state index in [1.807, 2.05) is 71.4 Å². The Bertz CT molecular complexity index is 1530. The van der Waals surface area contributed by atoms with Crippen LogP contribution in [0.4, 0.5) is 5.82 Å². The number of benzene rings is 3. The van der Waals surface area contributed by atoms with Gasteiger partial charge in [-0.1, -0.05) is 67.4 Å². The van der Waals surface area contributed by atoms with E-state index in [1.165, 1.54) is 19.2 Å². The number of fused-ring (bicyclic) bond motifs is 2. The van der Waals surface area contributed by atoms with Crippen molar-refractivity contribution in [2.24, 2.45) is 0 Å². The summed E-state index contributed by atoms with van der Waals surface area (Å²) in [7, 11) is 0. The van der Waals surface area contributed by atoms with E-state index in [0.29, 0.717) is 24.0 Å². The van der Waals surface area contributed by atoms with Crippen LogP contribution in [-0.2, 0) is 6.54 Å². The van der Waals surface area contributed by atoms with Gasteiger partial charge in [-0.2, -0.15) is 5.10 Å². The number of nitrogens with two attached hydrogens (primary N) is 1. The summed E-state index contributed by atoms with van der Waals surface area (Å²) >= 11 is 0. The first-order valence-corrected chi connectivity index (χ1v) is 12.0. The Labute approximate surface area is 203 Å². The molecule has 35 heavy (non-hydrogen) atoms. The predicted octanol–water partition coefficient (Wildman–Crippen LogP) is 5.27. The quantitative estimate of drug-likeness (QED) is 0.371. The Morgan fingerprint density at radius 1 is 0.971 bits per heavy atom. The van der Waals surface area contributed by atoms with Crippen molar-refractivity contribution in [1.29, 1.82) is 0 Å². The largest absolute Gasteiger partial charge is 0.383 e. The molecule has 2 aromatic heterocycles. The van der Waals surface area contributed by atoms with E-state index in [2.05, 4.69) is 15.3 Å². The third kappa shape index (κ3) is 3.99. The maximum atomic E-state index is 12.7. The van der Waals surface area contributed by atoms with Crippen LogP contribution in [0.15, 0.2) is 73.1 Å². The lowest BCUT2D eigenvalue weighted by Gasteiger charge is -2.10. The highest BCUT2D eigenvalue weighted by Crippen LogP contribution is 2.36. The number of anilines is 1. The van der Waals surface area contributed by atoms with E-state index in [-0.39, 0.29) is 5.91 Å². The van der Waals surface area contributed by atoms with E-state index in [9.17, 15) is 4.79 Å². The Morgan fingerprint density at radius 3 is 2.54 bits per heavy atom. The van der Waals surface area contributed by atoms with Crippen molar-refractivity contribution in [2.75, 3.05) is 5.73 Å². The van der Waals surface area contributed by atoms with Crippen molar-refractivity contribution < 1.29 is 4.79 Å². The molecule has 1 fully saturated rings. The molecule has 0 spiro atoms. The molecule has 0 aliphatic heterocycles. The van der Waals surface area contributed by atoms with Gasteiger partial charge in [-0.15, -0.1) is 0 Å². The van der Waals surface area contributed by atoms with Crippen LogP contribution in [-0.4, -0.2) is 25.7 Å². The summed E-state index contributed by atoms with van der Waals surface area (Å²) in [5.41, 5.74) is 10.5. The fraction of sp³-hybridized carbons (Fsp3) is 0.214. The molecule has 5 aromatic rings. The second kappa shape index (κ2) is 8.83. The summed E-state index contributed by atoms with van der Waals surface area (Å²) in [6, 6.07) is 22.2. The minimum absolute atomic E-state index is 0.0916. The third-order valence-corrected chi connectivity index (χ3v) is 6.88. The smallest absolute Gasteiger partial charge is 0.251 e. The van der Waals surface area contributed by atoms with Crippen LogP contribution in [0.25, 0.3) is 33.1 Å². The van der Waals surface area contributed by atoms with Gasteiger partial charge in [0.25, 0.3) is 5.91 Å². The minimum atomic E-state index is -0.0916. The highest BCUT2D eigenvalue weighted by molar-refractivity contribution is 5.99. The van der Waals surface area contributed by atoms with Gasteiger partial charge in [0.15, 0.2) is 5.65 Å². The van der Waals surface area contributed by atoms with Crippen molar-refractivity contribution >= 4 is 33.5 Å². The number of nitrogens with zero attached hydrogens (tertiary/aromatic N) is 4. The van der Waals surface area contributed by atoms with Gasteiger partial charge in [0.05, 0.1) is 11.4 Å². The first-order valence-electron chi connectivity index (χ1n) is 12.0. The molecule has 0 bridgehead atoms. The normalized spacial score (nSPS) is 14.1. The molecule has 0 saturated heterocycles. The molecule has 2 heterocycles. The zero-order valence-electron chi connectivity index (χ0n) is 19.3. The van der Waals surface area contributed by atoms with Crippen molar-refractivity contribution in [3.63, 3.8) is 0 Å². The number of carbonyl (C=O) groups is 1. The molecule has 1 aliphatic carbocycles. The van der Waals surface area contributed by atoms with E-state index in [0.717, 1.165) is 51.5 Å². The van der Waals surface area contributed by atoms with Crippen LogP contribution in [0.3, 0.4) is 0 Å². The van der Waals surface area contributed by atoms with Gasteiger partial charge >= 0.3 is 0 Å². The molecule has 174 valence electrons. The van der Waals surface area contributed by atoms with Gasteiger partial charge in [0, 0.05) is 17.7 Å². The molecule has 0 radical (unpaired) electrons. The average molecular weight is 463 g/mol. The highest BCUT2D eigenvalue weighted by atomic mass is 16.1. The van der Waals surface area contributed by atoms with Crippen LogP contribution in [0.5, 0.6) is 0 Å². The topological polar surface area (TPSA) is 98.7 Å². The number of carbonyl (C=O) groups excluding carboxylic acids is 1. The molecule has 3 N–H and O–H groups in total. The molecule has 1 amide bonds. The Kier molecular flexibility index (Phi) is 5.37. The molecular formula is C28H26N6O. The van der Waals surface area contributed by atoms with Crippen molar-refractivity contribution in [3.05, 3.63) is 84.2 Å². The van der Waals surface area contributed by atoms with Gasteiger partial charge in [0.1, 0.15) is 17.8 Å². The summed E-state index contributed by atoms with van der Waals surface area (Å²) < 4.78 is 2.04. The zero-order chi connectivity index (χ0) is 23.8. The number of nitrogens with one attached hydrogen (secondary N) is 1. The number of amides is 1. The molecule has 0 unspecified atom stereocenters. The van der Waals surface area contributed by atoms with Crippen molar-refractivity contribution in [3.8, 4) is 11.3 Å². The molecule has 7 nitrogen and oxygen atoms in total. The predicted molar refractivity (Wildman–Crippen MR) is 138 cm³/mol. The third-order valence-electron chi connectivity index (χ3n) is 6.88. The van der Waals surface area contributed by atoms with Gasteiger partial charge in [-0.25, -0.2) is 14.6 Å². The number of hydrogen-bond acceptors (Lipinski definition) is 5. The molecule has 7 heteroatoms. The van der Waals surface area contributed by atoms with Crippen molar-refractivity contribution in [1.82, 2.24) is 25.1 Å². The number of nitrogen functional groups attached to an aromatic ring is 1. The molecule has 1 saturated carbocycles. The standard InChI is InChI=1S/C28H26N6O/c29-26-24-25(33-34(23-7-3-4-8-23)27(24)32-17-31-26)20-11-9-18(10-12-20)16-30-28(35)22-14-13-19-5-1-2-6-21(19)15-22/h1-2,5-6,9-15,17,23H,3-4,7-8,16H2,(H,30,35)(H2,29,31,32). The highest BCUT2D eigenvalue weighted by Gasteiger charge is 2.24. The van der Waals surface area contributed by atoms with Crippen LogP contribution in [0, 0.1) is 0 Å².